The number of aromatic nitrogens is 2. The molecule has 0 atom stereocenters. The lowest BCUT2D eigenvalue weighted by molar-refractivity contribution is 0.174. The maximum Gasteiger partial charge on any atom is 0.231 e. The molecule has 0 bridgehead atoms. The summed E-state index contributed by atoms with van der Waals surface area (Å²) in [5, 5.41) is 7.42. The molecule has 2 aliphatic heterocycles. The van der Waals surface area contributed by atoms with Gasteiger partial charge in [0.25, 0.3) is 0 Å². The zero-order valence-corrected chi connectivity index (χ0v) is 12.2. The number of ether oxygens (including phenoxy) is 2. The van der Waals surface area contributed by atoms with Crippen molar-refractivity contribution in [3.8, 4) is 22.9 Å². The molecule has 1 fully saturated rings. The molecule has 0 saturated carbocycles. The Balaban J connectivity index is 0.00000132. The van der Waals surface area contributed by atoms with E-state index >= 15 is 0 Å². The predicted molar refractivity (Wildman–Crippen MR) is 77.9 cm³/mol. The van der Waals surface area contributed by atoms with Crippen molar-refractivity contribution >= 4 is 12.4 Å². The highest BCUT2D eigenvalue weighted by Gasteiger charge is 2.22. The summed E-state index contributed by atoms with van der Waals surface area (Å²) in [6, 6.07) is 5.68. The SMILES string of the molecule is Cl.c1cc2c(cc1-c1noc(C3CCNCC3)n1)OCO2. The molecule has 21 heavy (non-hydrogen) atoms. The van der Waals surface area contributed by atoms with Crippen LogP contribution in [0.15, 0.2) is 22.7 Å². The van der Waals surface area contributed by atoms with E-state index in [1.54, 1.807) is 0 Å². The van der Waals surface area contributed by atoms with Gasteiger partial charge >= 0.3 is 0 Å². The number of benzene rings is 1. The summed E-state index contributed by atoms with van der Waals surface area (Å²) in [6.45, 7) is 2.28. The first-order valence-electron chi connectivity index (χ1n) is 6.84. The monoisotopic (exact) mass is 309 g/mol. The van der Waals surface area contributed by atoms with Crippen LogP contribution in [0.5, 0.6) is 11.5 Å². The van der Waals surface area contributed by atoms with Crippen molar-refractivity contribution in [1.29, 1.82) is 0 Å². The summed E-state index contributed by atoms with van der Waals surface area (Å²) in [5.41, 5.74) is 0.887. The fraction of sp³-hybridized carbons (Fsp3) is 0.429. The van der Waals surface area contributed by atoms with E-state index in [4.69, 9.17) is 14.0 Å². The van der Waals surface area contributed by atoms with Crippen molar-refractivity contribution in [1.82, 2.24) is 15.5 Å². The number of hydrogen-bond donors (Lipinski definition) is 1. The third-order valence-corrected chi connectivity index (χ3v) is 3.76. The second-order valence-corrected chi connectivity index (χ2v) is 5.05. The lowest BCUT2D eigenvalue weighted by Gasteiger charge is -2.18. The van der Waals surface area contributed by atoms with Crippen molar-refractivity contribution in [3.63, 3.8) is 0 Å². The number of halogens is 1. The molecule has 0 unspecified atom stereocenters. The van der Waals surface area contributed by atoms with E-state index in [1.807, 2.05) is 18.2 Å². The number of rotatable bonds is 2. The van der Waals surface area contributed by atoms with Crippen molar-refractivity contribution in [2.45, 2.75) is 18.8 Å². The fourth-order valence-electron chi connectivity index (χ4n) is 2.62. The predicted octanol–water partition coefficient (Wildman–Crippen LogP) is 2.35. The average molecular weight is 310 g/mol. The first-order chi connectivity index (χ1) is 9.90. The molecule has 3 heterocycles. The summed E-state index contributed by atoms with van der Waals surface area (Å²) in [7, 11) is 0. The van der Waals surface area contributed by atoms with E-state index in [2.05, 4.69) is 15.5 Å². The van der Waals surface area contributed by atoms with Gasteiger partial charge in [-0.3, -0.25) is 0 Å². The fourth-order valence-corrected chi connectivity index (χ4v) is 2.62. The van der Waals surface area contributed by atoms with Crippen molar-refractivity contribution in [2.75, 3.05) is 19.9 Å². The van der Waals surface area contributed by atoms with Crippen LogP contribution >= 0.6 is 12.4 Å². The van der Waals surface area contributed by atoms with Crippen LogP contribution in [-0.2, 0) is 0 Å². The quantitative estimate of drug-likeness (QED) is 0.918. The maximum absolute atomic E-state index is 5.42. The van der Waals surface area contributed by atoms with E-state index in [0.717, 1.165) is 48.9 Å². The molecule has 0 amide bonds. The Hall–Kier alpha value is -1.79. The molecule has 1 aromatic carbocycles. The number of nitrogens with one attached hydrogen (secondary N) is 1. The Morgan fingerprint density at radius 1 is 1.10 bits per heavy atom. The minimum atomic E-state index is 0. The van der Waals surface area contributed by atoms with Gasteiger partial charge in [0.15, 0.2) is 11.5 Å². The van der Waals surface area contributed by atoms with Gasteiger partial charge in [-0.05, 0) is 44.1 Å². The highest BCUT2D eigenvalue weighted by molar-refractivity contribution is 5.85. The highest BCUT2D eigenvalue weighted by Crippen LogP contribution is 2.35. The molecule has 2 aliphatic rings. The summed E-state index contributed by atoms with van der Waals surface area (Å²) in [4.78, 5) is 4.53. The molecule has 7 heteroatoms. The van der Waals surface area contributed by atoms with Gasteiger partial charge in [-0.1, -0.05) is 5.16 Å². The Bertz CT molecular complexity index is 626. The lowest BCUT2D eigenvalue weighted by Crippen LogP contribution is -2.26. The Kier molecular flexibility index (Phi) is 3.98. The van der Waals surface area contributed by atoms with Gasteiger partial charge in [-0.25, -0.2) is 0 Å². The summed E-state index contributed by atoms with van der Waals surface area (Å²) < 4.78 is 16.1. The minimum absolute atomic E-state index is 0. The summed E-state index contributed by atoms with van der Waals surface area (Å²) >= 11 is 0. The number of hydrogen-bond acceptors (Lipinski definition) is 6. The molecule has 1 aromatic heterocycles. The Morgan fingerprint density at radius 3 is 2.76 bits per heavy atom. The molecule has 0 aliphatic carbocycles. The summed E-state index contributed by atoms with van der Waals surface area (Å²) in [5.74, 6) is 3.20. The van der Waals surface area contributed by atoms with Gasteiger partial charge in [0.1, 0.15) is 0 Å². The van der Waals surface area contributed by atoms with E-state index in [9.17, 15) is 0 Å². The van der Waals surface area contributed by atoms with Crippen LogP contribution in [-0.4, -0.2) is 30.0 Å². The topological polar surface area (TPSA) is 69.4 Å². The average Bonchev–Trinajstić information content (AvgIpc) is 3.16. The first-order valence-corrected chi connectivity index (χ1v) is 6.84. The van der Waals surface area contributed by atoms with Crippen molar-refractivity contribution in [2.24, 2.45) is 0 Å². The number of nitrogens with zero attached hydrogens (tertiary/aromatic N) is 2. The second-order valence-electron chi connectivity index (χ2n) is 5.05. The number of piperidine rings is 1. The zero-order chi connectivity index (χ0) is 13.4. The standard InChI is InChI=1S/C14H15N3O3.ClH/c1-2-11-12(19-8-18-11)7-10(1)13-16-14(20-17-13)9-3-5-15-6-4-9;/h1-2,7,9,15H,3-6,8H2;1H. The van der Waals surface area contributed by atoms with E-state index < -0.39 is 0 Å². The largest absolute Gasteiger partial charge is 0.454 e. The minimum Gasteiger partial charge on any atom is -0.454 e. The van der Waals surface area contributed by atoms with Crippen LogP contribution in [0.1, 0.15) is 24.7 Å². The van der Waals surface area contributed by atoms with Crippen molar-refractivity contribution < 1.29 is 14.0 Å². The van der Waals surface area contributed by atoms with Gasteiger partial charge in [-0.15, -0.1) is 12.4 Å². The van der Waals surface area contributed by atoms with Gasteiger partial charge in [0.2, 0.25) is 18.5 Å². The molecule has 112 valence electrons. The zero-order valence-electron chi connectivity index (χ0n) is 11.4. The van der Waals surface area contributed by atoms with Crippen molar-refractivity contribution in [3.05, 3.63) is 24.1 Å². The van der Waals surface area contributed by atoms with Crippen LogP contribution in [0.3, 0.4) is 0 Å². The molecule has 1 N–H and O–H groups in total. The van der Waals surface area contributed by atoms with Crippen LogP contribution in [0.2, 0.25) is 0 Å². The molecular weight excluding hydrogens is 294 g/mol. The van der Waals surface area contributed by atoms with Gasteiger partial charge in [0, 0.05) is 11.5 Å². The molecule has 1 saturated heterocycles. The molecule has 0 radical (unpaired) electrons. The van der Waals surface area contributed by atoms with Gasteiger partial charge in [-0.2, -0.15) is 4.98 Å². The Morgan fingerprint density at radius 2 is 1.90 bits per heavy atom. The second kappa shape index (κ2) is 5.91. The maximum atomic E-state index is 5.42. The number of fused-ring (bicyclic) bond motifs is 1. The third kappa shape index (κ3) is 2.69. The van der Waals surface area contributed by atoms with Gasteiger partial charge < -0.3 is 19.3 Å². The summed E-state index contributed by atoms with van der Waals surface area (Å²) in [6.07, 6.45) is 2.09. The molecule has 4 rings (SSSR count). The van der Waals surface area contributed by atoms with Crippen LogP contribution in [0, 0.1) is 0 Å². The Labute approximate surface area is 128 Å². The molecule has 2 aromatic rings. The first kappa shape index (κ1) is 14.2. The van der Waals surface area contributed by atoms with Crippen LogP contribution in [0.4, 0.5) is 0 Å². The lowest BCUT2D eigenvalue weighted by atomic mass is 9.98. The van der Waals surface area contributed by atoms with E-state index in [-0.39, 0.29) is 19.2 Å². The molecule has 6 nitrogen and oxygen atoms in total. The highest BCUT2D eigenvalue weighted by atomic mass is 35.5. The third-order valence-electron chi connectivity index (χ3n) is 3.76. The van der Waals surface area contributed by atoms with Crippen LogP contribution in [0.25, 0.3) is 11.4 Å². The van der Waals surface area contributed by atoms with Gasteiger partial charge in [0.05, 0.1) is 0 Å². The molecular formula is C14H16ClN3O3. The molecule has 0 spiro atoms. The van der Waals surface area contributed by atoms with E-state index in [0.29, 0.717) is 11.7 Å². The van der Waals surface area contributed by atoms with E-state index in [1.165, 1.54) is 0 Å². The smallest absolute Gasteiger partial charge is 0.231 e. The van der Waals surface area contributed by atoms with Crippen LogP contribution < -0.4 is 14.8 Å². The normalized spacial score (nSPS) is 17.5.